The standard InChI is InChI=1S/C25H27F3N2O4/c1-33-19-9-10-20(22(13-19)34-2)29-23(31)17-8-11-21(30(14-17)24(32)15-6-7-15)16-4-3-5-18(12-16)25(26,27)28/h3-5,9-10,12-13,15,17,21H,6-8,11,14H2,1-2H3,(H,29,31). The number of carbonyl (C=O) groups is 2. The normalized spacial score (nSPS) is 20.6. The van der Waals surface area contributed by atoms with Crippen molar-refractivity contribution >= 4 is 17.5 Å². The van der Waals surface area contributed by atoms with Crippen molar-refractivity contribution in [3.8, 4) is 11.5 Å². The summed E-state index contributed by atoms with van der Waals surface area (Å²) >= 11 is 0. The lowest BCUT2D eigenvalue weighted by Gasteiger charge is -2.40. The lowest BCUT2D eigenvalue weighted by Crippen LogP contribution is -2.46. The second-order valence-corrected chi connectivity index (χ2v) is 8.73. The number of halogens is 3. The molecular weight excluding hydrogens is 449 g/mol. The van der Waals surface area contributed by atoms with E-state index in [9.17, 15) is 22.8 Å². The topological polar surface area (TPSA) is 67.9 Å². The van der Waals surface area contributed by atoms with Gasteiger partial charge in [0.2, 0.25) is 11.8 Å². The minimum absolute atomic E-state index is 0.0954. The molecule has 1 N–H and O–H groups in total. The van der Waals surface area contributed by atoms with Gasteiger partial charge >= 0.3 is 6.18 Å². The lowest BCUT2D eigenvalue weighted by molar-refractivity contribution is -0.139. The molecule has 0 radical (unpaired) electrons. The van der Waals surface area contributed by atoms with Gasteiger partial charge in [-0.25, -0.2) is 0 Å². The predicted molar refractivity (Wildman–Crippen MR) is 120 cm³/mol. The fourth-order valence-corrected chi connectivity index (χ4v) is 4.40. The van der Waals surface area contributed by atoms with Crippen molar-refractivity contribution < 1.29 is 32.2 Å². The van der Waals surface area contributed by atoms with E-state index < -0.39 is 23.7 Å². The zero-order valence-corrected chi connectivity index (χ0v) is 19.0. The third kappa shape index (κ3) is 5.13. The van der Waals surface area contributed by atoms with Crippen LogP contribution in [0.25, 0.3) is 0 Å². The van der Waals surface area contributed by atoms with E-state index in [0.29, 0.717) is 35.6 Å². The number of anilines is 1. The van der Waals surface area contributed by atoms with Crippen LogP contribution in [0.1, 0.15) is 42.9 Å². The van der Waals surface area contributed by atoms with Crippen molar-refractivity contribution in [2.75, 3.05) is 26.1 Å². The quantitative estimate of drug-likeness (QED) is 0.634. The number of carbonyl (C=O) groups excluding carboxylic acids is 2. The number of likely N-dealkylation sites (tertiary alicyclic amines) is 1. The first-order valence-electron chi connectivity index (χ1n) is 11.2. The first kappa shape index (κ1) is 23.9. The van der Waals surface area contributed by atoms with Gasteiger partial charge in [-0.15, -0.1) is 0 Å². The molecule has 2 aliphatic rings. The van der Waals surface area contributed by atoms with Crippen LogP contribution in [-0.4, -0.2) is 37.5 Å². The number of hydrogen-bond donors (Lipinski definition) is 1. The van der Waals surface area contributed by atoms with Crippen LogP contribution in [0.3, 0.4) is 0 Å². The highest BCUT2D eigenvalue weighted by Crippen LogP contribution is 2.41. The highest BCUT2D eigenvalue weighted by Gasteiger charge is 2.42. The molecule has 2 aromatic carbocycles. The van der Waals surface area contributed by atoms with Crippen LogP contribution in [0.5, 0.6) is 11.5 Å². The molecule has 1 aliphatic heterocycles. The number of nitrogens with zero attached hydrogens (tertiary/aromatic N) is 1. The Hall–Kier alpha value is -3.23. The Bertz CT molecular complexity index is 1070. The Balaban J connectivity index is 1.54. The van der Waals surface area contributed by atoms with Gasteiger partial charge < -0.3 is 19.7 Å². The van der Waals surface area contributed by atoms with E-state index in [0.717, 1.165) is 25.0 Å². The van der Waals surface area contributed by atoms with Crippen molar-refractivity contribution in [2.24, 2.45) is 11.8 Å². The first-order valence-corrected chi connectivity index (χ1v) is 11.2. The Morgan fingerprint density at radius 3 is 2.35 bits per heavy atom. The summed E-state index contributed by atoms with van der Waals surface area (Å²) in [6, 6.07) is 9.67. The zero-order chi connectivity index (χ0) is 24.5. The minimum atomic E-state index is -4.46. The van der Waals surface area contributed by atoms with Crippen LogP contribution < -0.4 is 14.8 Å². The number of piperidine rings is 1. The highest BCUT2D eigenvalue weighted by atomic mass is 19.4. The third-order valence-electron chi connectivity index (χ3n) is 6.43. The van der Waals surface area contributed by atoms with Crippen LogP contribution >= 0.6 is 0 Å². The number of nitrogens with one attached hydrogen (secondary N) is 1. The van der Waals surface area contributed by atoms with Crippen molar-refractivity contribution in [2.45, 2.75) is 37.9 Å². The maximum absolute atomic E-state index is 13.3. The van der Waals surface area contributed by atoms with E-state index in [1.165, 1.54) is 20.3 Å². The van der Waals surface area contributed by atoms with Crippen LogP contribution in [-0.2, 0) is 15.8 Å². The first-order chi connectivity index (χ1) is 16.2. The zero-order valence-electron chi connectivity index (χ0n) is 19.0. The van der Waals surface area contributed by atoms with E-state index in [2.05, 4.69) is 5.32 Å². The third-order valence-corrected chi connectivity index (χ3v) is 6.43. The van der Waals surface area contributed by atoms with Gasteiger partial charge in [0.25, 0.3) is 0 Å². The van der Waals surface area contributed by atoms with Crippen LogP contribution in [0.2, 0.25) is 0 Å². The van der Waals surface area contributed by atoms with E-state index in [-0.39, 0.29) is 24.3 Å². The summed E-state index contributed by atoms with van der Waals surface area (Å²) in [5.74, 6) is 0.0590. The molecule has 2 amide bonds. The Kier molecular flexibility index (Phi) is 6.72. The summed E-state index contributed by atoms with van der Waals surface area (Å²) in [6.07, 6.45) is -2.08. The molecule has 1 saturated heterocycles. The Labute approximate surface area is 196 Å². The van der Waals surface area contributed by atoms with E-state index in [1.807, 2.05) is 0 Å². The molecule has 1 saturated carbocycles. The largest absolute Gasteiger partial charge is 0.497 e. The van der Waals surface area contributed by atoms with Gasteiger partial charge in [0.05, 0.1) is 37.4 Å². The molecule has 0 spiro atoms. The Morgan fingerprint density at radius 2 is 1.71 bits per heavy atom. The fourth-order valence-electron chi connectivity index (χ4n) is 4.40. The molecule has 34 heavy (non-hydrogen) atoms. The lowest BCUT2D eigenvalue weighted by atomic mass is 9.87. The maximum Gasteiger partial charge on any atom is 0.416 e. The number of methoxy groups -OCH3 is 2. The molecule has 2 unspecified atom stereocenters. The molecule has 0 bridgehead atoms. The molecular formula is C25H27F3N2O4. The molecule has 182 valence electrons. The average molecular weight is 476 g/mol. The molecule has 1 heterocycles. The summed E-state index contributed by atoms with van der Waals surface area (Å²) in [5.41, 5.74) is 0.183. The average Bonchev–Trinajstić information content (AvgIpc) is 3.68. The van der Waals surface area contributed by atoms with Gasteiger partial charge in [-0.3, -0.25) is 9.59 Å². The van der Waals surface area contributed by atoms with Crippen molar-refractivity contribution in [3.63, 3.8) is 0 Å². The molecule has 9 heteroatoms. The maximum atomic E-state index is 13.3. The Morgan fingerprint density at radius 1 is 0.971 bits per heavy atom. The summed E-state index contributed by atoms with van der Waals surface area (Å²) in [7, 11) is 3.02. The van der Waals surface area contributed by atoms with Crippen LogP contribution in [0, 0.1) is 11.8 Å². The van der Waals surface area contributed by atoms with Crippen molar-refractivity contribution in [3.05, 3.63) is 53.6 Å². The molecule has 2 atom stereocenters. The van der Waals surface area contributed by atoms with Crippen LogP contribution in [0.4, 0.5) is 18.9 Å². The number of alkyl halides is 3. The fraction of sp³-hybridized carbons (Fsp3) is 0.440. The monoisotopic (exact) mass is 476 g/mol. The molecule has 1 aliphatic carbocycles. The van der Waals surface area contributed by atoms with Crippen LogP contribution in [0.15, 0.2) is 42.5 Å². The van der Waals surface area contributed by atoms with Gasteiger partial charge in [-0.1, -0.05) is 12.1 Å². The van der Waals surface area contributed by atoms with Gasteiger partial charge in [0, 0.05) is 18.5 Å². The highest BCUT2D eigenvalue weighted by molar-refractivity contribution is 5.95. The summed E-state index contributed by atoms with van der Waals surface area (Å²) < 4.78 is 50.3. The SMILES string of the molecule is COc1ccc(NC(=O)C2CCC(c3cccc(C(F)(F)F)c3)N(C(=O)C3CC3)C2)c(OC)c1. The summed E-state index contributed by atoms with van der Waals surface area (Å²) in [5, 5.41) is 2.86. The molecule has 4 rings (SSSR count). The van der Waals surface area contributed by atoms with Crippen molar-refractivity contribution in [1.82, 2.24) is 4.90 Å². The van der Waals surface area contributed by atoms with Crippen molar-refractivity contribution in [1.29, 1.82) is 0 Å². The predicted octanol–water partition coefficient (Wildman–Crippen LogP) is 5.05. The number of hydrogen-bond acceptors (Lipinski definition) is 4. The second kappa shape index (κ2) is 9.56. The summed E-state index contributed by atoms with van der Waals surface area (Å²) in [6.45, 7) is 0.153. The van der Waals surface area contributed by atoms with Gasteiger partial charge in [-0.05, 0) is 55.5 Å². The molecule has 6 nitrogen and oxygen atoms in total. The second-order valence-electron chi connectivity index (χ2n) is 8.73. The van der Waals surface area contributed by atoms with Gasteiger partial charge in [-0.2, -0.15) is 13.2 Å². The van der Waals surface area contributed by atoms with E-state index in [1.54, 1.807) is 29.2 Å². The van der Waals surface area contributed by atoms with Gasteiger partial charge in [0.1, 0.15) is 11.5 Å². The van der Waals surface area contributed by atoms with E-state index >= 15 is 0 Å². The number of benzene rings is 2. The van der Waals surface area contributed by atoms with Gasteiger partial charge in [0.15, 0.2) is 0 Å². The smallest absolute Gasteiger partial charge is 0.416 e. The summed E-state index contributed by atoms with van der Waals surface area (Å²) in [4.78, 5) is 27.8. The number of rotatable bonds is 6. The minimum Gasteiger partial charge on any atom is -0.497 e. The number of amides is 2. The molecule has 0 aromatic heterocycles. The number of ether oxygens (including phenoxy) is 2. The van der Waals surface area contributed by atoms with E-state index in [4.69, 9.17) is 9.47 Å². The molecule has 2 aromatic rings. The molecule has 2 fully saturated rings.